The average Bonchev–Trinajstić information content (AvgIpc) is 2.44. The Kier molecular flexibility index (Phi) is 4.17. The van der Waals surface area contributed by atoms with Crippen LogP contribution in [0.5, 0.6) is 0 Å². The molecule has 0 saturated carbocycles. The molecular weight excluding hydrogens is 255 g/mol. The van der Waals surface area contributed by atoms with Crippen molar-refractivity contribution in [2.75, 3.05) is 11.1 Å². The maximum atomic E-state index is 12.9. The monoisotopic (exact) mass is 274 g/mol. The third kappa shape index (κ3) is 3.04. The molecule has 1 aromatic carbocycles. The largest absolute Gasteiger partial charge is 0.383 e. The SMILES string of the molecule is CCc1nc(N)c(C)c(NC(C)c2ccc(F)cc2)n1. The van der Waals surface area contributed by atoms with E-state index >= 15 is 0 Å². The van der Waals surface area contributed by atoms with Crippen molar-refractivity contribution in [3.8, 4) is 0 Å². The molecule has 1 aromatic heterocycles. The smallest absolute Gasteiger partial charge is 0.135 e. The van der Waals surface area contributed by atoms with Crippen molar-refractivity contribution in [1.82, 2.24) is 9.97 Å². The molecule has 0 aliphatic rings. The van der Waals surface area contributed by atoms with Gasteiger partial charge in [-0.1, -0.05) is 19.1 Å². The Balaban J connectivity index is 2.25. The van der Waals surface area contributed by atoms with Gasteiger partial charge in [0.15, 0.2) is 0 Å². The second-order valence-electron chi connectivity index (χ2n) is 4.77. The molecule has 3 N–H and O–H groups in total. The highest BCUT2D eigenvalue weighted by Crippen LogP contribution is 2.23. The summed E-state index contributed by atoms with van der Waals surface area (Å²) in [6.45, 7) is 5.86. The van der Waals surface area contributed by atoms with E-state index in [0.29, 0.717) is 11.6 Å². The number of aryl methyl sites for hydroxylation is 1. The molecule has 1 heterocycles. The van der Waals surface area contributed by atoms with Crippen LogP contribution >= 0.6 is 0 Å². The maximum Gasteiger partial charge on any atom is 0.135 e. The highest BCUT2D eigenvalue weighted by Gasteiger charge is 2.12. The van der Waals surface area contributed by atoms with E-state index in [4.69, 9.17) is 5.73 Å². The first-order valence-electron chi connectivity index (χ1n) is 6.66. The van der Waals surface area contributed by atoms with Crippen LogP contribution in [0.25, 0.3) is 0 Å². The van der Waals surface area contributed by atoms with Crippen molar-refractivity contribution >= 4 is 11.6 Å². The standard InChI is InChI=1S/C15H19FN4/c1-4-13-19-14(17)9(2)15(20-13)18-10(3)11-5-7-12(16)8-6-11/h5-8,10H,4H2,1-3H3,(H3,17,18,19,20). The lowest BCUT2D eigenvalue weighted by Gasteiger charge is -2.17. The zero-order chi connectivity index (χ0) is 14.7. The van der Waals surface area contributed by atoms with Gasteiger partial charge in [-0.15, -0.1) is 0 Å². The average molecular weight is 274 g/mol. The van der Waals surface area contributed by atoms with E-state index in [0.717, 1.165) is 23.4 Å². The first kappa shape index (κ1) is 14.2. The molecule has 5 heteroatoms. The Morgan fingerprint density at radius 3 is 2.50 bits per heavy atom. The van der Waals surface area contributed by atoms with Crippen LogP contribution in [0.3, 0.4) is 0 Å². The third-order valence-corrected chi connectivity index (χ3v) is 3.27. The molecule has 106 valence electrons. The van der Waals surface area contributed by atoms with Gasteiger partial charge in [0.25, 0.3) is 0 Å². The van der Waals surface area contributed by atoms with Crippen LogP contribution in [0, 0.1) is 12.7 Å². The summed E-state index contributed by atoms with van der Waals surface area (Å²) in [4.78, 5) is 8.68. The Hall–Kier alpha value is -2.17. The number of rotatable bonds is 4. The molecule has 2 rings (SSSR count). The quantitative estimate of drug-likeness (QED) is 0.898. The number of nitrogens with two attached hydrogens (primary N) is 1. The summed E-state index contributed by atoms with van der Waals surface area (Å²) in [6.07, 6.45) is 0.726. The van der Waals surface area contributed by atoms with Crippen LogP contribution in [0.4, 0.5) is 16.0 Å². The number of nitrogens with zero attached hydrogens (tertiary/aromatic N) is 2. The molecule has 2 aromatic rings. The van der Waals surface area contributed by atoms with Gasteiger partial charge in [-0.3, -0.25) is 0 Å². The lowest BCUT2D eigenvalue weighted by atomic mass is 10.1. The molecular formula is C15H19FN4. The first-order valence-corrected chi connectivity index (χ1v) is 6.66. The summed E-state index contributed by atoms with van der Waals surface area (Å²) in [7, 11) is 0. The fourth-order valence-corrected chi connectivity index (χ4v) is 1.92. The zero-order valence-electron chi connectivity index (χ0n) is 11.9. The first-order chi connectivity index (χ1) is 9.51. The summed E-state index contributed by atoms with van der Waals surface area (Å²) in [5.41, 5.74) is 7.71. The van der Waals surface area contributed by atoms with Crippen molar-refractivity contribution in [1.29, 1.82) is 0 Å². The van der Waals surface area contributed by atoms with Gasteiger partial charge in [-0.2, -0.15) is 0 Å². The fraction of sp³-hybridized carbons (Fsp3) is 0.333. The van der Waals surface area contributed by atoms with Crippen molar-refractivity contribution < 1.29 is 4.39 Å². The normalized spacial score (nSPS) is 12.2. The minimum absolute atomic E-state index is 0.00769. The van der Waals surface area contributed by atoms with Gasteiger partial charge in [-0.25, -0.2) is 14.4 Å². The molecule has 0 aliphatic heterocycles. The van der Waals surface area contributed by atoms with E-state index in [9.17, 15) is 4.39 Å². The van der Waals surface area contributed by atoms with E-state index in [1.165, 1.54) is 12.1 Å². The van der Waals surface area contributed by atoms with Crippen molar-refractivity contribution in [3.63, 3.8) is 0 Å². The highest BCUT2D eigenvalue weighted by molar-refractivity contribution is 5.55. The number of nitrogen functional groups attached to an aromatic ring is 1. The topological polar surface area (TPSA) is 63.8 Å². The van der Waals surface area contributed by atoms with E-state index in [-0.39, 0.29) is 11.9 Å². The van der Waals surface area contributed by atoms with Gasteiger partial charge in [0, 0.05) is 18.0 Å². The molecule has 0 spiro atoms. The zero-order valence-corrected chi connectivity index (χ0v) is 11.9. The lowest BCUT2D eigenvalue weighted by Crippen LogP contribution is -2.12. The van der Waals surface area contributed by atoms with Gasteiger partial charge in [0.05, 0.1) is 0 Å². The molecule has 0 bridgehead atoms. The molecule has 0 aliphatic carbocycles. The number of hydrogen-bond donors (Lipinski definition) is 2. The van der Waals surface area contributed by atoms with E-state index in [1.54, 1.807) is 12.1 Å². The second kappa shape index (κ2) is 5.86. The van der Waals surface area contributed by atoms with E-state index in [2.05, 4.69) is 15.3 Å². The molecule has 0 saturated heterocycles. The van der Waals surface area contributed by atoms with Crippen molar-refractivity contribution in [2.24, 2.45) is 0 Å². The number of halogens is 1. The van der Waals surface area contributed by atoms with Crippen LogP contribution in [0.15, 0.2) is 24.3 Å². The Bertz CT molecular complexity index is 596. The molecule has 0 amide bonds. The minimum Gasteiger partial charge on any atom is -0.383 e. The Morgan fingerprint density at radius 1 is 1.25 bits per heavy atom. The summed E-state index contributed by atoms with van der Waals surface area (Å²) in [5, 5.41) is 3.31. The number of nitrogens with one attached hydrogen (secondary N) is 1. The second-order valence-corrected chi connectivity index (χ2v) is 4.77. The summed E-state index contributed by atoms with van der Waals surface area (Å²) >= 11 is 0. The van der Waals surface area contributed by atoms with Gasteiger partial charge in [0.2, 0.25) is 0 Å². The molecule has 0 fully saturated rings. The lowest BCUT2D eigenvalue weighted by molar-refractivity contribution is 0.626. The number of anilines is 2. The highest BCUT2D eigenvalue weighted by atomic mass is 19.1. The van der Waals surface area contributed by atoms with E-state index < -0.39 is 0 Å². The third-order valence-electron chi connectivity index (χ3n) is 3.27. The summed E-state index contributed by atoms with van der Waals surface area (Å²) in [6, 6.07) is 6.42. The molecule has 0 radical (unpaired) electrons. The maximum absolute atomic E-state index is 12.9. The Labute approximate surface area is 118 Å². The molecule has 20 heavy (non-hydrogen) atoms. The van der Waals surface area contributed by atoms with Gasteiger partial charge < -0.3 is 11.1 Å². The number of benzene rings is 1. The molecule has 1 unspecified atom stereocenters. The van der Waals surface area contributed by atoms with Crippen LogP contribution in [-0.4, -0.2) is 9.97 Å². The van der Waals surface area contributed by atoms with Crippen molar-refractivity contribution in [2.45, 2.75) is 33.2 Å². The van der Waals surface area contributed by atoms with Crippen molar-refractivity contribution in [3.05, 3.63) is 47.0 Å². The predicted octanol–water partition coefficient (Wildman–Crippen LogP) is 3.24. The summed E-state index contributed by atoms with van der Waals surface area (Å²) in [5.74, 6) is 1.69. The van der Waals surface area contributed by atoms with Crippen LogP contribution < -0.4 is 11.1 Å². The van der Waals surface area contributed by atoms with Gasteiger partial charge >= 0.3 is 0 Å². The van der Waals surface area contributed by atoms with Crippen LogP contribution in [0.1, 0.15) is 36.8 Å². The minimum atomic E-state index is -0.239. The Morgan fingerprint density at radius 2 is 1.90 bits per heavy atom. The van der Waals surface area contributed by atoms with E-state index in [1.807, 2.05) is 20.8 Å². The predicted molar refractivity (Wildman–Crippen MR) is 79.0 cm³/mol. The van der Waals surface area contributed by atoms with Crippen LogP contribution in [0.2, 0.25) is 0 Å². The summed E-state index contributed by atoms with van der Waals surface area (Å²) < 4.78 is 12.9. The van der Waals surface area contributed by atoms with Gasteiger partial charge in [-0.05, 0) is 31.5 Å². The van der Waals surface area contributed by atoms with Crippen LogP contribution in [-0.2, 0) is 6.42 Å². The molecule has 4 nitrogen and oxygen atoms in total. The fourth-order valence-electron chi connectivity index (χ4n) is 1.92. The number of aromatic nitrogens is 2. The van der Waals surface area contributed by atoms with Gasteiger partial charge in [0.1, 0.15) is 23.3 Å². The molecule has 1 atom stereocenters. The number of hydrogen-bond acceptors (Lipinski definition) is 4.